The van der Waals surface area contributed by atoms with Gasteiger partial charge < -0.3 is 15.1 Å². The number of ketones is 1. The molecule has 2 aromatic rings. The molecule has 2 N–H and O–H groups in total. The third-order valence-corrected chi connectivity index (χ3v) is 5.77. The molecule has 3 rings (SSSR count). The number of anilines is 1. The van der Waals surface area contributed by atoms with Crippen molar-refractivity contribution in [1.29, 1.82) is 0 Å². The van der Waals surface area contributed by atoms with E-state index in [0.717, 1.165) is 37.0 Å². The zero-order valence-corrected chi connectivity index (χ0v) is 17.7. The van der Waals surface area contributed by atoms with E-state index < -0.39 is 0 Å². The number of hydrogen-bond donors (Lipinski definition) is 2. The Balaban J connectivity index is 1.66. The summed E-state index contributed by atoms with van der Waals surface area (Å²) < 4.78 is 0. The number of piperazine rings is 1. The summed E-state index contributed by atoms with van der Waals surface area (Å²) in [5.74, 6) is 0.121. The fourth-order valence-electron chi connectivity index (χ4n) is 3.03. The number of nitrogens with zero attached hydrogens (tertiary/aromatic N) is 2. The van der Waals surface area contributed by atoms with Gasteiger partial charge in [-0.25, -0.2) is 4.99 Å². The number of likely N-dealkylation sites (N-methyl/N-ethyl adjacent to an activating group) is 1. The summed E-state index contributed by atoms with van der Waals surface area (Å²) in [5, 5.41) is 3.75. The fourth-order valence-corrected chi connectivity index (χ4v) is 3.90. The minimum Gasteiger partial charge on any atom is -0.340 e. The number of para-hydroxylation sites is 1. The summed E-state index contributed by atoms with van der Waals surface area (Å²) in [6.45, 7) is 5.47. The molecule has 1 saturated heterocycles. The van der Waals surface area contributed by atoms with E-state index in [0.29, 0.717) is 11.3 Å². The van der Waals surface area contributed by atoms with Gasteiger partial charge in [0.2, 0.25) is 5.91 Å². The van der Waals surface area contributed by atoms with Crippen molar-refractivity contribution in [2.24, 2.45) is 4.99 Å². The van der Waals surface area contributed by atoms with Gasteiger partial charge in [0.1, 0.15) is 0 Å². The van der Waals surface area contributed by atoms with Gasteiger partial charge in [0.25, 0.3) is 0 Å². The number of amidine groups is 1. The van der Waals surface area contributed by atoms with E-state index in [2.05, 4.69) is 17.3 Å². The lowest BCUT2D eigenvalue weighted by Gasteiger charge is -2.32. The normalized spacial score (nSPS) is 15.2. The molecule has 0 unspecified atom stereocenters. The van der Waals surface area contributed by atoms with Crippen LogP contribution in [0.2, 0.25) is 0 Å². The van der Waals surface area contributed by atoms with Crippen molar-refractivity contribution in [2.75, 3.05) is 44.3 Å². The first-order valence-corrected chi connectivity index (χ1v) is 10.7. The minimum atomic E-state index is -0.115. The molecule has 1 heterocycles. The fraction of sp³-hybridized carbons (Fsp3) is 0.318. The molecule has 0 spiro atoms. The molecule has 1 aliphatic heterocycles. The van der Waals surface area contributed by atoms with Crippen LogP contribution in [0.25, 0.3) is 0 Å². The number of thioether (sulfide) groups is 1. The number of nitrogens with one attached hydrogen (secondary N) is 2. The largest absolute Gasteiger partial charge is 0.340 e. The Kier molecular flexibility index (Phi) is 7.43. The number of benzene rings is 2. The third kappa shape index (κ3) is 6.44. The van der Waals surface area contributed by atoms with Crippen molar-refractivity contribution in [3.63, 3.8) is 0 Å². The quantitative estimate of drug-likeness (QED) is 0.449. The van der Waals surface area contributed by atoms with Crippen LogP contribution >= 0.6 is 11.8 Å². The summed E-state index contributed by atoms with van der Waals surface area (Å²) in [5.41, 5.74) is 2.10. The zero-order valence-electron chi connectivity index (χ0n) is 16.9. The van der Waals surface area contributed by atoms with Crippen molar-refractivity contribution in [3.8, 4) is 0 Å². The molecule has 29 heavy (non-hydrogen) atoms. The van der Waals surface area contributed by atoms with Gasteiger partial charge in [0.15, 0.2) is 11.0 Å². The Morgan fingerprint density at radius 1 is 1.10 bits per heavy atom. The van der Waals surface area contributed by atoms with E-state index in [-0.39, 0.29) is 17.4 Å². The first-order chi connectivity index (χ1) is 14.0. The smallest absolute Gasteiger partial charge is 0.234 e. The van der Waals surface area contributed by atoms with Crippen molar-refractivity contribution in [2.45, 2.75) is 6.92 Å². The monoisotopic (exact) mass is 411 g/mol. The number of rotatable bonds is 5. The van der Waals surface area contributed by atoms with E-state index in [1.807, 2.05) is 30.3 Å². The average molecular weight is 412 g/mol. The van der Waals surface area contributed by atoms with E-state index >= 15 is 0 Å². The molecule has 0 saturated carbocycles. The Labute approximate surface area is 176 Å². The predicted molar refractivity (Wildman–Crippen MR) is 119 cm³/mol. The lowest BCUT2D eigenvalue weighted by molar-refractivity contribution is -0.883. The molecule has 0 aromatic heterocycles. The molecule has 0 atom stereocenters. The molecule has 7 heteroatoms. The second kappa shape index (κ2) is 10.2. The highest BCUT2D eigenvalue weighted by Crippen LogP contribution is 2.18. The van der Waals surface area contributed by atoms with Crippen LogP contribution in [0.4, 0.5) is 11.4 Å². The lowest BCUT2D eigenvalue weighted by Crippen LogP contribution is -3.12. The maximum absolute atomic E-state index is 12.5. The van der Waals surface area contributed by atoms with Crippen molar-refractivity contribution in [3.05, 3.63) is 60.2 Å². The Morgan fingerprint density at radius 3 is 2.52 bits per heavy atom. The number of quaternary nitrogens is 1. The Morgan fingerprint density at radius 2 is 1.83 bits per heavy atom. The topological polar surface area (TPSA) is 66.2 Å². The minimum absolute atomic E-state index is 0.0232. The van der Waals surface area contributed by atoms with Crippen LogP contribution in [0.15, 0.2) is 59.6 Å². The number of carbonyl (C=O) groups is 2. The molecule has 1 aliphatic rings. The van der Waals surface area contributed by atoms with Crippen LogP contribution < -0.4 is 10.2 Å². The third-order valence-electron chi connectivity index (χ3n) is 4.75. The van der Waals surface area contributed by atoms with Crippen molar-refractivity contribution < 1.29 is 14.5 Å². The first-order valence-electron chi connectivity index (χ1n) is 9.75. The highest BCUT2D eigenvalue weighted by atomic mass is 32.2. The molecule has 1 amide bonds. The second-order valence-corrected chi connectivity index (χ2v) is 8.09. The van der Waals surface area contributed by atoms with Gasteiger partial charge >= 0.3 is 0 Å². The van der Waals surface area contributed by atoms with Gasteiger partial charge in [-0.15, -0.1) is 0 Å². The van der Waals surface area contributed by atoms with Crippen LogP contribution in [0.3, 0.4) is 0 Å². The van der Waals surface area contributed by atoms with Gasteiger partial charge in [-0.2, -0.15) is 0 Å². The maximum atomic E-state index is 12.5. The van der Waals surface area contributed by atoms with Crippen LogP contribution in [-0.4, -0.2) is 60.7 Å². The second-order valence-electron chi connectivity index (χ2n) is 7.15. The number of hydrogen-bond acceptors (Lipinski definition) is 4. The van der Waals surface area contributed by atoms with E-state index in [4.69, 9.17) is 4.99 Å². The Bertz CT molecular complexity index is 877. The van der Waals surface area contributed by atoms with Gasteiger partial charge in [-0.1, -0.05) is 42.1 Å². The highest BCUT2D eigenvalue weighted by molar-refractivity contribution is 8.14. The molecule has 2 aromatic carbocycles. The summed E-state index contributed by atoms with van der Waals surface area (Å²) in [6.07, 6.45) is 0. The zero-order chi connectivity index (χ0) is 20.6. The van der Waals surface area contributed by atoms with E-state index in [1.165, 1.54) is 23.6 Å². The highest BCUT2D eigenvalue weighted by Gasteiger charge is 2.21. The number of amides is 1. The Hall–Kier alpha value is -2.64. The van der Waals surface area contributed by atoms with E-state index in [9.17, 15) is 9.59 Å². The molecule has 0 radical (unpaired) electrons. The average Bonchev–Trinajstić information content (AvgIpc) is 2.72. The van der Waals surface area contributed by atoms with Gasteiger partial charge in [-0.3, -0.25) is 9.59 Å². The predicted octanol–water partition coefficient (Wildman–Crippen LogP) is 2.08. The molecule has 1 fully saturated rings. The first kappa shape index (κ1) is 21.1. The van der Waals surface area contributed by atoms with Gasteiger partial charge in [-0.05, 0) is 31.2 Å². The lowest BCUT2D eigenvalue weighted by atomic mass is 10.1. The van der Waals surface area contributed by atoms with E-state index in [1.54, 1.807) is 24.3 Å². The standard InChI is InChI=1S/C22H26N4O2S/c1-17(27)18-7-6-10-20(15-18)23-21(28)16-29-22(24-19-8-4-3-5-9-19)26-13-11-25(2)12-14-26/h3-10,15H,11-14,16H2,1-2H3,(H,23,28)/p+1. The molecular formula is C22H27N4O2S+. The number of aliphatic imine (C=N–C) groups is 1. The molecule has 0 bridgehead atoms. The van der Waals surface area contributed by atoms with Crippen LogP contribution in [0.5, 0.6) is 0 Å². The number of carbonyl (C=O) groups excluding carboxylic acids is 2. The van der Waals surface area contributed by atoms with Crippen LogP contribution in [-0.2, 0) is 4.79 Å². The maximum Gasteiger partial charge on any atom is 0.234 e. The summed E-state index contributed by atoms with van der Waals surface area (Å²) in [7, 11) is 2.20. The van der Waals surface area contributed by atoms with Crippen molar-refractivity contribution in [1.82, 2.24) is 4.90 Å². The summed E-state index contributed by atoms with van der Waals surface area (Å²) in [6, 6.07) is 16.8. The van der Waals surface area contributed by atoms with Crippen molar-refractivity contribution >= 4 is 40.0 Å². The summed E-state index contributed by atoms with van der Waals surface area (Å²) in [4.78, 5) is 32.6. The van der Waals surface area contributed by atoms with Gasteiger partial charge in [0.05, 0.1) is 44.7 Å². The molecule has 6 nitrogen and oxygen atoms in total. The van der Waals surface area contributed by atoms with Crippen LogP contribution in [0, 0.1) is 0 Å². The summed E-state index contributed by atoms with van der Waals surface area (Å²) >= 11 is 1.45. The number of Topliss-reactive ketones (excluding diaryl/α,β-unsaturated/α-hetero) is 1. The van der Waals surface area contributed by atoms with Gasteiger partial charge in [0, 0.05) is 11.3 Å². The molecule has 152 valence electrons. The van der Waals surface area contributed by atoms with Crippen LogP contribution in [0.1, 0.15) is 17.3 Å². The SMILES string of the molecule is CC(=O)c1cccc(NC(=O)CSC(=Nc2ccccc2)N2CC[NH+](C)CC2)c1. The molecular weight excluding hydrogens is 384 g/mol. The molecule has 0 aliphatic carbocycles.